The summed E-state index contributed by atoms with van der Waals surface area (Å²) in [5.74, 6) is -0.0998. The molecule has 0 radical (unpaired) electrons. The van der Waals surface area contributed by atoms with Gasteiger partial charge in [0.05, 0.1) is 30.5 Å². The lowest BCUT2D eigenvalue weighted by molar-refractivity contribution is -0.115. The van der Waals surface area contributed by atoms with Gasteiger partial charge in [0.1, 0.15) is 17.1 Å². The van der Waals surface area contributed by atoms with Crippen LogP contribution in [-0.2, 0) is 11.2 Å². The van der Waals surface area contributed by atoms with E-state index in [9.17, 15) is 9.18 Å². The van der Waals surface area contributed by atoms with E-state index in [1.807, 2.05) is 6.07 Å². The zero-order valence-electron chi connectivity index (χ0n) is 12.5. The van der Waals surface area contributed by atoms with Crippen LogP contribution in [0.2, 0.25) is 5.02 Å². The third kappa shape index (κ3) is 3.39. The molecule has 2 aromatic carbocycles. The number of carbonyl (C=O) groups excluding carboxylic acids is 1. The Morgan fingerprint density at radius 2 is 2.17 bits per heavy atom. The second-order valence-electron chi connectivity index (χ2n) is 5.09. The fourth-order valence-electron chi connectivity index (χ4n) is 2.35. The Balaban J connectivity index is 1.81. The number of anilines is 1. The maximum absolute atomic E-state index is 13.2. The van der Waals surface area contributed by atoms with Crippen molar-refractivity contribution in [2.24, 2.45) is 0 Å². The molecule has 0 aliphatic carbocycles. The van der Waals surface area contributed by atoms with Gasteiger partial charge in [-0.1, -0.05) is 11.6 Å². The molecular weight excluding hydrogens is 401 g/mol. The van der Waals surface area contributed by atoms with Gasteiger partial charge in [-0.3, -0.25) is 4.79 Å². The van der Waals surface area contributed by atoms with Crippen LogP contribution in [0.5, 0.6) is 5.75 Å². The number of furan rings is 1. The number of amides is 1. The molecule has 124 valence electrons. The first-order valence-corrected chi connectivity index (χ1v) is 8.13. The van der Waals surface area contributed by atoms with E-state index in [1.54, 1.807) is 19.2 Å². The zero-order valence-corrected chi connectivity index (χ0v) is 14.9. The summed E-state index contributed by atoms with van der Waals surface area (Å²) in [7, 11) is 1.57. The van der Waals surface area contributed by atoms with Crippen molar-refractivity contribution in [3.05, 3.63) is 57.5 Å². The van der Waals surface area contributed by atoms with Gasteiger partial charge >= 0.3 is 0 Å². The van der Waals surface area contributed by atoms with Crippen LogP contribution in [0.25, 0.3) is 11.0 Å². The Kier molecular flexibility index (Phi) is 4.78. The van der Waals surface area contributed by atoms with Crippen molar-refractivity contribution < 1.29 is 18.3 Å². The third-order valence-electron chi connectivity index (χ3n) is 3.49. The van der Waals surface area contributed by atoms with E-state index in [0.29, 0.717) is 21.5 Å². The Labute approximate surface area is 150 Å². The van der Waals surface area contributed by atoms with Gasteiger partial charge in [-0.05, 0) is 40.2 Å². The normalized spacial score (nSPS) is 10.8. The van der Waals surface area contributed by atoms with Crippen molar-refractivity contribution in [3.8, 4) is 5.75 Å². The monoisotopic (exact) mass is 411 g/mol. The molecule has 0 atom stereocenters. The SMILES string of the molecule is COc1ccc2c(CC(=O)Nc3c(Cl)cc(F)cc3Br)coc2c1. The molecule has 1 aromatic heterocycles. The molecule has 1 heterocycles. The summed E-state index contributed by atoms with van der Waals surface area (Å²) in [6, 6.07) is 7.76. The van der Waals surface area contributed by atoms with Crippen molar-refractivity contribution >= 4 is 50.1 Å². The van der Waals surface area contributed by atoms with Crippen molar-refractivity contribution in [2.75, 3.05) is 12.4 Å². The summed E-state index contributed by atoms with van der Waals surface area (Å²) in [5.41, 5.74) is 1.70. The van der Waals surface area contributed by atoms with E-state index in [2.05, 4.69) is 21.2 Å². The van der Waals surface area contributed by atoms with E-state index < -0.39 is 5.82 Å². The molecule has 0 spiro atoms. The first kappa shape index (κ1) is 16.8. The molecule has 3 aromatic rings. The standard InChI is InChI=1S/C17H12BrClFNO3/c1-23-11-2-3-12-9(8-24-15(12)7-11)4-16(22)21-17-13(18)5-10(20)6-14(17)19/h2-3,5-8H,4H2,1H3,(H,21,22). The molecule has 7 heteroatoms. The van der Waals surface area contributed by atoms with Crippen LogP contribution in [0.1, 0.15) is 5.56 Å². The number of hydrogen-bond acceptors (Lipinski definition) is 3. The Bertz CT molecular complexity index is 902. The molecule has 0 unspecified atom stereocenters. The Morgan fingerprint density at radius 1 is 1.38 bits per heavy atom. The van der Waals surface area contributed by atoms with E-state index in [4.69, 9.17) is 20.8 Å². The summed E-state index contributed by atoms with van der Waals surface area (Å²) in [4.78, 5) is 12.3. The average molecular weight is 413 g/mol. The summed E-state index contributed by atoms with van der Waals surface area (Å²) in [5, 5.41) is 3.63. The number of fused-ring (bicyclic) bond motifs is 1. The first-order chi connectivity index (χ1) is 11.5. The second kappa shape index (κ2) is 6.83. The third-order valence-corrected chi connectivity index (χ3v) is 4.41. The smallest absolute Gasteiger partial charge is 0.229 e. The maximum Gasteiger partial charge on any atom is 0.229 e. The molecule has 24 heavy (non-hydrogen) atoms. The largest absolute Gasteiger partial charge is 0.497 e. The van der Waals surface area contributed by atoms with Crippen molar-refractivity contribution in [1.82, 2.24) is 0 Å². The van der Waals surface area contributed by atoms with Crippen LogP contribution >= 0.6 is 27.5 Å². The molecule has 0 aliphatic rings. The molecule has 1 N–H and O–H groups in total. The predicted octanol–water partition coefficient (Wildman–Crippen LogP) is 5.18. The predicted molar refractivity (Wildman–Crippen MR) is 94.2 cm³/mol. The molecule has 1 amide bonds. The summed E-state index contributed by atoms with van der Waals surface area (Å²) < 4.78 is 24.2. The van der Waals surface area contributed by atoms with Gasteiger partial charge in [-0.25, -0.2) is 4.39 Å². The quantitative estimate of drug-likeness (QED) is 0.642. The van der Waals surface area contributed by atoms with Crippen molar-refractivity contribution in [1.29, 1.82) is 0 Å². The number of halogens is 3. The van der Waals surface area contributed by atoms with Gasteiger partial charge < -0.3 is 14.5 Å². The van der Waals surface area contributed by atoms with E-state index in [0.717, 1.165) is 17.0 Å². The minimum atomic E-state index is -0.486. The number of benzene rings is 2. The van der Waals surface area contributed by atoms with Gasteiger partial charge in [-0.15, -0.1) is 0 Å². The number of methoxy groups -OCH3 is 1. The highest BCUT2D eigenvalue weighted by atomic mass is 79.9. The first-order valence-electron chi connectivity index (χ1n) is 6.96. The number of hydrogen-bond donors (Lipinski definition) is 1. The maximum atomic E-state index is 13.2. The number of nitrogens with one attached hydrogen (secondary N) is 1. The molecule has 0 saturated heterocycles. The molecular formula is C17H12BrClFNO3. The minimum Gasteiger partial charge on any atom is -0.497 e. The molecule has 0 aliphatic heterocycles. The molecule has 0 bridgehead atoms. The zero-order chi connectivity index (χ0) is 17.3. The van der Waals surface area contributed by atoms with Gasteiger partial charge in [0.25, 0.3) is 0 Å². The average Bonchev–Trinajstić information content (AvgIpc) is 2.93. The lowest BCUT2D eigenvalue weighted by atomic mass is 10.1. The van der Waals surface area contributed by atoms with Crippen LogP contribution in [0.3, 0.4) is 0 Å². The molecule has 4 nitrogen and oxygen atoms in total. The number of rotatable bonds is 4. The van der Waals surface area contributed by atoms with Crippen LogP contribution in [-0.4, -0.2) is 13.0 Å². The fourth-order valence-corrected chi connectivity index (χ4v) is 3.24. The van der Waals surface area contributed by atoms with E-state index >= 15 is 0 Å². The van der Waals surface area contributed by atoms with Crippen LogP contribution < -0.4 is 10.1 Å². The van der Waals surface area contributed by atoms with Crippen molar-refractivity contribution in [2.45, 2.75) is 6.42 Å². The highest BCUT2D eigenvalue weighted by Crippen LogP contribution is 2.32. The lowest BCUT2D eigenvalue weighted by Crippen LogP contribution is -2.15. The second-order valence-corrected chi connectivity index (χ2v) is 6.35. The topological polar surface area (TPSA) is 51.5 Å². The Morgan fingerprint density at radius 3 is 2.88 bits per heavy atom. The fraction of sp³-hybridized carbons (Fsp3) is 0.118. The minimum absolute atomic E-state index is 0.0967. The number of ether oxygens (including phenoxy) is 1. The van der Waals surface area contributed by atoms with E-state index in [-0.39, 0.29) is 17.4 Å². The van der Waals surface area contributed by atoms with Gasteiger partial charge in [0.2, 0.25) is 5.91 Å². The number of carbonyl (C=O) groups is 1. The van der Waals surface area contributed by atoms with E-state index in [1.165, 1.54) is 12.3 Å². The summed E-state index contributed by atoms with van der Waals surface area (Å²) in [6.07, 6.45) is 1.63. The lowest BCUT2D eigenvalue weighted by Gasteiger charge is -2.09. The van der Waals surface area contributed by atoms with Crippen LogP contribution in [0, 0.1) is 5.82 Å². The Hall–Kier alpha value is -2.05. The molecule has 0 fully saturated rings. The van der Waals surface area contributed by atoms with Crippen molar-refractivity contribution in [3.63, 3.8) is 0 Å². The van der Waals surface area contributed by atoms with Gasteiger partial charge in [-0.2, -0.15) is 0 Å². The highest BCUT2D eigenvalue weighted by molar-refractivity contribution is 9.10. The summed E-state index contributed by atoms with van der Waals surface area (Å²) >= 11 is 9.16. The summed E-state index contributed by atoms with van der Waals surface area (Å²) in [6.45, 7) is 0. The van der Waals surface area contributed by atoms with Crippen LogP contribution in [0.15, 0.2) is 45.5 Å². The van der Waals surface area contributed by atoms with Gasteiger partial charge in [0.15, 0.2) is 0 Å². The van der Waals surface area contributed by atoms with Gasteiger partial charge in [0, 0.05) is 21.5 Å². The molecule has 0 saturated carbocycles. The van der Waals surface area contributed by atoms with Crippen LogP contribution in [0.4, 0.5) is 10.1 Å². The molecule has 3 rings (SSSR count). The highest BCUT2D eigenvalue weighted by Gasteiger charge is 2.15.